The number of ether oxygens (including phenoxy) is 1. The van der Waals surface area contributed by atoms with Gasteiger partial charge in [0.2, 0.25) is 0 Å². The molecule has 0 saturated carbocycles. The Kier molecular flexibility index (Phi) is 5.75. The van der Waals surface area contributed by atoms with Crippen molar-refractivity contribution in [3.8, 4) is 5.75 Å². The maximum absolute atomic E-state index is 12.9. The minimum Gasteiger partial charge on any atom is -0.492 e. The zero-order valence-electron chi connectivity index (χ0n) is 12.7. The van der Waals surface area contributed by atoms with E-state index >= 15 is 0 Å². The lowest BCUT2D eigenvalue weighted by Gasteiger charge is -2.15. The smallest absolute Gasteiger partial charge is 0.417 e. The number of rotatable bonds is 5. The van der Waals surface area contributed by atoms with Crippen LogP contribution in [-0.2, 0) is 16.2 Å². The lowest BCUT2D eigenvalue weighted by Crippen LogP contribution is -2.15. The number of nitrogens with one attached hydrogen (secondary N) is 1. The Morgan fingerprint density at radius 2 is 1.80 bits per heavy atom. The van der Waals surface area contributed by atoms with Crippen molar-refractivity contribution in [3.05, 3.63) is 52.0 Å². The number of halogens is 5. The molecule has 10 heteroatoms. The van der Waals surface area contributed by atoms with Crippen LogP contribution in [0.5, 0.6) is 5.75 Å². The van der Waals surface area contributed by atoms with E-state index in [0.717, 1.165) is 18.2 Å². The molecule has 0 radical (unpaired) electrons. The second-order valence-electron chi connectivity index (χ2n) is 4.82. The van der Waals surface area contributed by atoms with Gasteiger partial charge >= 0.3 is 6.18 Å². The summed E-state index contributed by atoms with van der Waals surface area (Å²) in [5.74, 6) is 0.0319. The zero-order chi connectivity index (χ0) is 18.8. The Balaban J connectivity index is 2.45. The molecule has 0 amide bonds. The highest BCUT2D eigenvalue weighted by Crippen LogP contribution is 2.37. The van der Waals surface area contributed by atoms with Crippen LogP contribution in [0.1, 0.15) is 12.5 Å². The van der Waals surface area contributed by atoms with Gasteiger partial charge in [-0.1, -0.05) is 23.2 Å². The van der Waals surface area contributed by atoms with E-state index in [-0.39, 0.29) is 28.0 Å². The molecule has 0 spiro atoms. The van der Waals surface area contributed by atoms with Gasteiger partial charge in [-0.2, -0.15) is 13.2 Å². The van der Waals surface area contributed by atoms with Crippen molar-refractivity contribution >= 4 is 38.9 Å². The van der Waals surface area contributed by atoms with Crippen molar-refractivity contribution in [2.24, 2.45) is 0 Å². The van der Waals surface area contributed by atoms with E-state index in [9.17, 15) is 21.6 Å². The number of sulfonamides is 1. The van der Waals surface area contributed by atoms with Gasteiger partial charge in [-0.3, -0.25) is 4.72 Å². The maximum Gasteiger partial charge on any atom is 0.417 e. The van der Waals surface area contributed by atoms with Crippen molar-refractivity contribution in [1.82, 2.24) is 0 Å². The first-order valence-electron chi connectivity index (χ1n) is 6.86. The molecule has 0 saturated heterocycles. The maximum atomic E-state index is 12.9. The summed E-state index contributed by atoms with van der Waals surface area (Å²) in [5, 5.41) is -0.399. The summed E-state index contributed by atoms with van der Waals surface area (Å²) in [6.45, 7) is 1.86. The van der Waals surface area contributed by atoms with Gasteiger partial charge in [0, 0.05) is 10.7 Å². The van der Waals surface area contributed by atoms with Gasteiger partial charge in [-0.15, -0.1) is 0 Å². The van der Waals surface area contributed by atoms with E-state index in [1.807, 2.05) is 0 Å². The Morgan fingerprint density at radius 3 is 2.40 bits per heavy atom. The Bertz CT molecular complexity index is 886. The average Bonchev–Trinajstić information content (AvgIpc) is 2.50. The molecular weight excluding hydrogens is 402 g/mol. The summed E-state index contributed by atoms with van der Waals surface area (Å²) < 4.78 is 71.1. The van der Waals surface area contributed by atoms with Gasteiger partial charge in [0.1, 0.15) is 10.6 Å². The largest absolute Gasteiger partial charge is 0.492 e. The molecule has 0 aliphatic rings. The van der Waals surface area contributed by atoms with Crippen molar-refractivity contribution in [1.29, 1.82) is 0 Å². The molecule has 2 aromatic carbocycles. The SMILES string of the molecule is CCOc1ccc(Cl)cc1S(=O)(=O)Nc1ccc(Cl)c(C(F)(F)F)c1. The molecule has 2 aromatic rings. The van der Waals surface area contributed by atoms with Crippen molar-refractivity contribution in [3.63, 3.8) is 0 Å². The molecule has 0 bridgehead atoms. The minimum absolute atomic E-state index is 0.0319. The summed E-state index contributed by atoms with van der Waals surface area (Å²) in [6.07, 6.45) is -4.72. The summed E-state index contributed by atoms with van der Waals surface area (Å²) in [6, 6.07) is 6.66. The predicted molar refractivity (Wildman–Crippen MR) is 89.9 cm³/mol. The highest BCUT2D eigenvalue weighted by atomic mass is 35.5. The third-order valence-corrected chi connectivity index (χ3v) is 4.99. The van der Waals surface area contributed by atoms with E-state index < -0.39 is 26.8 Å². The molecule has 25 heavy (non-hydrogen) atoms. The quantitative estimate of drug-likeness (QED) is 0.731. The van der Waals surface area contributed by atoms with Crippen LogP contribution < -0.4 is 9.46 Å². The lowest BCUT2D eigenvalue weighted by atomic mass is 10.2. The van der Waals surface area contributed by atoms with Crippen molar-refractivity contribution < 1.29 is 26.3 Å². The fourth-order valence-electron chi connectivity index (χ4n) is 1.98. The number of hydrogen-bond donors (Lipinski definition) is 1. The molecule has 4 nitrogen and oxygen atoms in total. The predicted octanol–water partition coefficient (Wildman–Crippen LogP) is 5.21. The Labute approximate surface area is 152 Å². The fraction of sp³-hybridized carbons (Fsp3) is 0.200. The summed E-state index contributed by atoms with van der Waals surface area (Å²) in [5.41, 5.74) is -1.44. The lowest BCUT2D eigenvalue weighted by molar-refractivity contribution is -0.137. The minimum atomic E-state index is -4.72. The highest BCUT2D eigenvalue weighted by Gasteiger charge is 2.33. The van der Waals surface area contributed by atoms with Crippen LogP contribution in [0, 0.1) is 0 Å². The molecule has 0 fully saturated rings. The molecule has 136 valence electrons. The summed E-state index contributed by atoms with van der Waals surface area (Å²) in [7, 11) is -4.23. The first-order chi connectivity index (χ1) is 11.5. The fourth-order valence-corrected chi connectivity index (χ4v) is 3.67. The van der Waals surface area contributed by atoms with Crippen molar-refractivity contribution in [2.45, 2.75) is 18.0 Å². The molecule has 2 rings (SSSR count). The molecule has 0 aromatic heterocycles. The second-order valence-corrected chi connectivity index (χ2v) is 7.32. The van der Waals surface area contributed by atoms with Crippen LogP contribution in [-0.4, -0.2) is 15.0 Å². The number of hydrogen-bond acceptors (Lipinski definition) is 3. The molecule has 1 N–H and O–H groups in total. The molecule has 0 heterocycles. The number of anilines is 1. The van der Waals surface area contributed by atoms with Crippen LogP contribution in [0.2, 0.25) is 10.0 Å². The monoisotopic (exact) mass is 413 g/mol. The van der Waals surface area contributed by atoms with E-state index in [0.29, 0.717) is 6.07 Å². The number of benzene rings is 2. The molecule has 0 unspecified atom stereocenters. The summed E-state index contributed by atoms with van der Waals surface area (Å²) in [4.78, 5) is -0.287. The Morgan fingerprint density at radius 1 is 1.12 bits per heavy atom. The van der Waals surface area contributed by atoms with Gasteiger partial charge in [0.15, 0.2) is 0 Å². The van der Waals surface area contributed by atoms with E-state index in [2.05, 4.69) is 4.72 Å². The van der Waals surface area contributed by atoms with Crippen molar-refractivity contribution in [2.75, 3.05) is 11.3 Å². The highest BCUT2D eigenvalue weighted by molar-refractivity contribution is 7.92. The van der Waals surface area contributed by atoms with Crippen LogP contribution in [0.25, 0.3) is 0 Å². The molecular formula is C15H12Cl2F3NO3S. The molecule has 0 aliphatic heterocycles. The normalized spacial score (nSPS) is 12.1. The van der Waals surface area contributed by atoms with E-state index in [1.165, 1.54) is 12.1 Å². The van der Waals surface area contributed by atoms with Gasteiger partial charge in [0.05, 0.1) is 17.2 Å². The first-order valence-corrected chi connectivity index (χ1v) is 9.10. The van der Waals surface area contributed by atoms with Crippen LogP contribution >= 0.6 is 23.2 Å². The topological polar surface area (TPSA) is 55.4 Å². The Hall–Kier alpha value is -1.64. The first kappa shape index (κ1) is 19.7. The summed E-state index contributed by atoms with van der Waals surface area (Å²) >= 11 is 11.3. The zero-order valence-corrected chi connectivity index (χ0v) is 15.0. The number of alkyl halides is 3. The second kappa shape index (κ2) is 7.31. The van der Waals surface area contributed by atoms with Gasteiger partial charge in [-0.05, 0) is 43.3 Å². The van der Waals surface area contributed by atoms with E-state index in [1.54, 1.807) is 6.92 Å². The third kappa shape index (κ3) is 4.71. The molecule has 0 atom stereocenters. The van der Waals surface area contributed by atoms with Crippen LogP contribution in [0.4, 0.5) is 18.9 Å². The van der Waals surface area contributed by atoms with Crippen LogP contribution in [0.3, 0.4) is 0 Å². The van der Waals surface area contributed by atoms with Gasteiger partial charge < -0.3 is 4.74 Å². The standard InChI is InChI=1S/C15H12Cl2F3NO3S/c1-2-24-13-6-3-9(16)7-14(13)25(22,23)21-10-4-5-12(17)11(8-10)15(18,19)20/h3-8,21H,2H2,1H3. The van der Waals surface area contributed by atoms with E-state index in [4.69, 9.17) is 27.9 Å². The third-order valence-electron chi connectivity index (χ3n) is 3.02. The van der Waals surface area contributed by atoms with Gasteiger partial charge in [-0.25, -0.2) is 8.42 Å². The van der Waals surface area contributed by atoms with Gasteiger partial charge in [0.25, 0.3) is 10.0 Å². The average molecular weight is 414 g/mol. The van der Waals surface area contributed by atoms with Crippen LogP contribution in [0.15, 0.2) is 41.3 Å². The molecule has 0 aliphatic carbocycles.